The molecule has 0 amide bonds. The standard InChI is InChI=1S/C9H15Cl/c1-2-8-3-5-9(7-10)6-4-8/h2,8-9H,1,3-7H2. The van der Waals surface area contributed by atoms with Crippen LogP contribution in [0.5, 0.6) is 0 Å². The molecule has 0 saturated heterocycles. The Balaban J connectivity index is 2.23. The fraction of sp³-hybridized carbons (Fsp3) is 0.778. The molecule has 0 aromatic rings. The van der Waals surface area contributed by atoms with Gasteiger partial charge in [0.25, 0.3) is 0 Å². The van der Waals surface area contributed by atoms with Gasteiger partial charge >= 0.3 is 0 Å². The maximum atomic E-state index is 5.75. The smallest absolute Gasteiger partial charge is 0.0251 e. The van der Waals surface area contributed by atoms with Crippen LogP contribution in [0.3, 0.4) is 0 Å². The molecular weight excluding hydrogens is 144 g/mol. The van der Waals surface area contributed by atoms with Crippen LogP contribution in [0.2, 0.25) is 0 Å². The lowest BCUT2D eigenvalue weighted by Crippen LogP contribution is -2.13. The van der Waals surface area contributed by atoms with Gasteiger partial charge in [-0.15, -0.1) is 18.2 Å². The Morgan fingerprint density at radius 2 is 1.90 bits per heavy atom. The van der Waals surface area contributed by atoms with Crippen LogP contribution in [0.4, 0.5) is 0 Å². The Kier molecular flexibility index (Phi) is 3.27. The molecule has 0 bridgehead atoms. The summed E-state index contributed by atoms with van der Waals surface area (Å²) in [6, 6.07) is 0. The zero-order valence-corrected chi connectivity index (χ0v) is 7.11. The third-order valence-corrected chi connectivity index (χ3v) is 2.88. The molecule has 0 nitrogen and oxygen atoms in total. The average molecular weight is 159 g/mol. The van der Waals surface area contributed by atoms with E-state index in [2.05, 4.69) is 12.7 Å². The zero-order chi connectivity index (χ0) is 7.40. The predicted octanol–water partition coefficient (Wildman–Crippen LogP) is 3.22. The highest BCUT2D eigenvalue weighted by molar-refractivity contribution is 6.18. The lowest BCUT2D eigenvalue weighted by Gasteiger charge is -2.24. The highest BCUT2D eigenvalue weighted by Gasteiger charge is 2.17. The summed E-state index contributed by atoms with van der Waals surface area (Å²) in [5, 5.41) is 0. The summed E-state index contributed by atoms with van der Waals surface area (Å²) >= 11 is 5.75. The molecule has 58 valence electrons. The van der Waals surface area contributed by atoms with Crippen molar-refractivity contribution in [3.05, 3.63) is 12.7 Å². The van der Waals surface area contributed by atoms with Gasteiger partial charge in [0.1, 0.15) is 0 Å². The van der Waals surface area contributed by atoms with E-state index < -0.39 is 0 Å². The van der Waals surface area contributed by atoms with Gasteiger partial charge < -0.3 is 0 Å². The maximum Gasteiger partial charge on any atom is 0.0251 e. The molecular formula is C9H15Cl. The van der Waals surface area contributed by atoms with Crippen molar-refractivity contribution in [2.75, 3.05) is 5.88 Å². The number of rotatable bonds is 2. The van der Waals surface area contributed by atoms with Crippen molar-refractivity contribution in [2.24, 2.45) is 11.8 Å². The molecule has 0 N–H and O–H groups in total. The largest absolute Gasteiger partial charge is 0.126 e. The third-order valence-electron chi connectivity index (χ3n) is 2.44. The first kappa shape index (κ1) is 8.13. The van der Waals surface area contributed by atoms with E-state index in [1.807, 2.05) is 0 Å². The third kappa shape index (κ3) is 2.02. The minimum absolute atomic E-state index is 0.777. The second-order valence-electron chi connectivity index (χ2n) is 3.17. The molecule has 0 aliphatic heterocycles. The number of hydrogen-bond donors (Lipinski definition) is 0. The lowest BCUT2D eigenvalue weighted by molar-refractivity contribution is 0.334. The number of alkyl halides is 1. The second-order valence-corrected chi connectivity index (χ2v) is 3.48. The molecule has 0 spiro atoms. The first-order valence-corrected chi connectivity index (χ1v) is 4.58. The molecule has 1 rings (SSSR count). The van der Waals surface area contributed by atoms with E-state index in [1.54, 1.807) is 0 Å². The number of hydrogen-bond acceptors (Lipinski definition) is 0. The fourth-order valence-electron chi connectivity index (χ4n) is 1.58. The van der Waals surface area contributed by atoms with E-state index in [0.29, 0.717) is 0 Å². The summed E-state index contributed by atoms with van der Waals surface area (Å²) in [5.41, 5.74) is 0. The van der Waals surface area contributed by atoms with Crippen LogP contribution in [0.15, 0.2) is 12.7 Å². The summed E-state index contributed by atoms with van der Waals surface area (Å²) in [5.74, 6) is 2.42. The quantitative estimate of drug-likeness (QED) is 0.428. The zero-order valence-electron chi connectivity index (χ0n) is 6.35. The van der Waals surface area contributed by atoms with Crippen LogP contribution in [0.1, 0.15) is 25.7 Å². The van der Waals surface area contributed by atoms with Crippen LogP contribution in [0.25, 0.3) is 0 Å². The summed E-state index contributed by atoms with van der Waals surface area (Å²) in [6.07, 6.45) is 7.31. The van der Waals surface area contributed by atoms with E-state index in [-0.39, 0.29) is 0 Å². The first-order valence-electron chi connectivity index (χ1n) is 4.05. The van der Waals surface area contributed by atoms with Crippen molar-refractivity contribution >= 4 is 11.6 Å². The highest BCUT2D eigenvalue weighted by atomic mass is 35.5. The highest BCUT2D eigenvalue weighted by Crippen LogP contribution is 2.29. The van der Waals surface area contributed by atoms with Gasteiger partial charge in [0.2, 0.25) is 0 Å². The van der Waals surface area contributed by atoms with Gasteiger partial charge in [-0.3, -0.25) is 0 Å². The Morgan fingerprint density at radius 1 is 1.30 bits per heavy atom. The molecule has 0 aromatic heterocycles. The van der Waals surface area contributed by atoms with Crippen molar-refractivity contribution in [1.29, 1.82) is 0 Å². The van der Waals surface area contributed by atoms with Crippen LogP contribution >= 0.6 is 11.6 Å². The topological polar surface area (TPSA) is 0 Å². The molecule has 0 atom stereocenters. The Morgan fingerprint density at radius 3 is 2.30 bits per heavy atom. The summed E-state index contributed by atoms with van der Waals surface area (Å²) < 4.78 is 0. The van der Waals surface area contributed by atoms with Gasteiger partial charge in [-0.25, -0.2) is 0 Å². The fourth-order valence-corrected chi connectivity index (χ4v) is 1.89. The Hall–Kier alpha value is 0.0300. The van der Waals surface area contributed by atoms with Crippen LogP contribution in [0, 0.1) is 11.8 Å². The van der Waals surface area contributed by atoms with Crippen molar-refractivity contribution in [3.63, 3.8) is 0 Å². The molecule has 1 fully saturated rings. The molecule has 0 radical (unpaired) electrons. The number of halogens is 1. The maximum absolute atomic E-state index is 5.75. The van der Waals surface area contributed by atoms with Gasteiger partial charge in [0, 0.05) is 5.88 Å². The van der Waals surface area contributed by atoms with Crippen molar-refractivity contribution < 1.29 is 0 Å². The second kappa shape index (κ2) is 4.02. The van der Waals surface area contributed by atoms with Gasteiger partial charge in [0.05, 0.1) is 0 Å². The Bertz CT molecular complexity index is 101. The molecule has 1 heteroatoms. The van der Waals surface area contributed by atoms with Crippen LogP contribution < -0.4 is 0 Å². The molecule has 1 aliphatic rings. The van der Waals surface area contributed by atoms with Crippen LogP contribution in [-0.4, -0.2) is 5.88 Å². The van der Waals surface area contributed by atoms with Gasteiger partial charge in [-0.2, -0.15) is 0 Å². The monoisotopic (exact) mass is 158 g/mol. The van der Waals surface area contributed by atoms with Gasteiger partial charge in [-0.05, 0) is 37.5 Å². The SMILES string of the molecule is C=CC1CCC(CCl)CC1. The predicted molar refractivity (Wildman–Crippen MR) is 46.4 cm³/mol. The van der Waals surface area contributed by atoms with E-state index in [0.717, 1.165) is 17.7 Å². The summed E-state index contributed by atoms with van der Waals surface area (Å²) in [7, 11) is 0. The van der Waals surface area contributed by atoms with E-state index in [9.17, 15) is 0 Å². The van der Waals surface area contributed by atoms with Crippen molar-refractivity contribution in [3.8, 4) is 0 Å². The van der Waals surface area contributed by atoms with E-state index in [1.165, 1.54) is 25.7 Å². The van der Waals surface area contributed by atoms with Gasteiger partial charge in [0.15, 0.2) is 0 Å². The molecule has 0 unspecified atom stereocenters. The minimum Gasteiger partial charge on any atom is -0.126 e. The molecule has 10 heavy (non-hydrogen) atoms. The van der Waals surface area contributed by atoms with Gasteiger partial charge in [-0.1, -0.05) is 6.08 Å². The summed E-state index contributed by atoms with van der Waals surface area (Å²) in [6.45, 7) is 3.80. The first-order chi connectivity index (χ1) is 4.86. The minimum atomic E-state index is 0.777. The average Bonchev–Trinajstić information content (AvgIpc) is 2.05. The van der Waals surface area contributed by atoms with E-state index in [4.69, 9.17) is 11.6 Å². The van der Waals surface area contributed by atoms with Crippen molar-refractivity contribution in [2.45, 2.75) is 25.7 Å². The molecule has 0 aromatic carbocycles. The van der Waals surface area contributed by atoms with Crippen LogP contribution in [-0.2, 0) is 0 Å². The molecule has 1 saturated carbocycles. The lowest BCUT2D eigenvalue weighted by atomic mass is 9.83. The molecule has 0 heterocycles. The Labute approximate surface area is 68.3 Å². The summed E-state index contributed by atoms with van der Waals surface area (Å²) in [4.78, 5) is 0. The normalized spacial score (nSPS) is 33.7. The van der Waals surface area contributed by atoms with E-state index >= 15 is 0 Å². The van der Waals surface area contributed by atoms with Crippen molar-refractivity contribution in [1.82, 2.24) is 0 Å². The number of allylic oxidation sites excluding steroid dienone is 1. The molecule has 1 aliphatic carbocycles.